The highest BCUT2D eigenvalue weighted by molar-refractivity contribution is 6.42. The molecule has 24 heavy (non-hydrogen) atoms. The van der Waals surface area contributed by atoms with Gasteiger partial charge in [0.25, 0.3) is 0 Å². The predicted octanol–water partition coefficient (Wildman–Crippen LogP) is 4.02. The van der Waals surface area contributed by atoms with Crippen LogP contribution in [-0.2, 0) is 11.3 Å². The summed E-state index contributed by atoms with van der Waals surface area (Å²) in [7, 11) is 0. The van der Waals surface area contributed by atoms with Crippen molar-refractivity contribution in [3.05, 3.63) is 64.1 Å². The maximum absolute atomic E-state index is 11.1. The van der Waals surface area contributed by atoms with Crippen molar-refractivity contribution in [1.82, 2.24) is 20.2 Å². The smallest absolute Gasteiger partial charge is 0.182 e. The minimum absolute atomic E-state index is 0.0942. The lowest BCUT2D eigenvalue weighted by molar-refractivity contribution is -0.108. The van der Waals surface area contributed by atoms with E-state index in [2.05, 4.69) is 15.5 Å². The minimum atomic E-state index is -0.0942. The molecule has 0 aliphatic heterocycles. The van der Waals surface area contributed by atoms with Crippen LogP contribution in [-0.4, -0.2) is 26.5 Å². The summed E-state index contributed by atoms with van der Waals surface area (Å²) in [5.41, 5.74) is 1.84. The Kier molecular flexibility index (Phi) is 5.23. The van der Waals surface area contributed by atoms with Crippen molar-refractivity contribution in [2.75, 3.05) is 0 Å². The zero-order valence-corrected chi connectivity index (χ0v) is 14.2. The molecule has 122 valence electrons. The summed E-state index contributed by atoms with van der Waals surface area (Å²) < 4.78 is 1.70. The Bertz CT molecular complexity index is 836. The van der Waals surface area contributed by atoms with Gasteiger partial charge in [-0.05, 0) is 28.1 Å². The highest BCUT2D eigenvalue weighted by Crippen LogP contribution is 2.29. The lowest BCUT2D eigenvalue weighted by atomic mass is 9.96. The number of aldehydes is 1. The van der Waals surface area contributed by atoms with E-state index >= 15 is 0 Å². The van der Waals surface area contributed by atoms with Gasteiger partial charge in [-0.1, -0.05) is 59.6 Å². The summed E-state index contributed by atoms with van der Waals surface area (Å²) in [6, 6.07) is 15.1. The van der Waals surface area contributed by atoms with Crippen molar-refractivity contribution in [3.63, 3.8) is 0 Å². The number of hydrogen-bond acceptors (Lipinski definition) is 4. The predicted molar refractivity (Wildman–Crippen MR) is 93.1 cm³/mol. The zero-order valence-electron chi connectivity index (χ0n) is 12.6. The molecule has 1 heterocycles. The molecule has 1 unspecified atom stereocenters. The molecule has 0 N–H and O–H groups in total. The van der Waals surface area contributed by atoms with Crippen LogP contribution in [0.1, 0.15) is 17.9 Å². The maximum atomic E-state index is 11.1. The largest absolute Gasteiger partial charge is 0.303 e. The summed E-state index contributed by atoms with van der Waals surface area (Å²) in [6.07, 6.45) is 1.23. The second-order valence-corrected chi connectivity index (χ2v) is 6.14. The van der Waals surface area contributed by atoms with Gasteiger partial charge < -0.3 is 4.79 Å². The molecule has 2 aromatic carbocycles. The number of rotatable bonds is 6. The Hall–Kier alpha value is -2.24. The van der Waals surface area contributed by atoms with Crippen LogP contribution in [0.25, 0.3) is 11.4 Å². The summed E-state index contributed by atoms with van der Waals surface area (Å²) in [6.45, 7) is 0.466. The summed E-state index contributed by atoms with van der Waals surface area (Å²) >= 11 is 12.1. The van der Waals surface area contributed by atoms with Crippen LogP contribution in [0.5, 0.6) is 0 Å². The van der Waals surface area contributed by atoms with Crippen LogP contribution < -0.4 is 0 Å². The van der Waals surface area contributed by atoms with E-state index in [4.69, 9.17) is 23.2 Å². The third kappa shape index (κ3) is 3.63. The first-order valence-corrected chi connectivity index (χ1v) is 8.15. The van der Waals surface area contributed by atoms with Crippen LogP contribution >= 0.6 is 23.2 Å². The molecule has 0 amide bonds. The number of carbonyl (C=O) groups excluding carboxylic acids is 1. The highest BCUT2D eigenvalue weighted by Gasteiger charge is 2.17. The van der Waals surface area contributed by atoms with Crippen molar-refractivity contribution >= 4 is 29.5 Å². The normalized spacial score (nSPS) is 12.1. The number of tetrazole rings is 1. The summed E-state index contributed by atoms with van der Waals surface area (Å²) in [5, 5.41) is 12.9. The van der Waals surface area contributed by atoms with E-state index in [-0.39, 0.29) is 5.92 Å². The van der Waals surface area contributed by atoms with Crippen molar-refractivity contribution in [3.8, 4) is 11.4 Å². The van der Waals surface area contributed by atoms with Gasteiger partial charge in [0.2, 0.25) is 0 Å². The van der Waals surface area contributed by atoms with Crippen LogP contribution in [0.15, 0.2) is 48.5 Å². The van der Waals surface area contributed by atoms with Gasteiger partial charge in [-0.3, -0.25) is 0 Å². The van der Waals surface area contributed by atoms with Crippen molar-refractivity contribution in [2.24, 2.45) is 0 Å². The van der Waals surface area contributed by atoms with Crippen LogP contribution in [0.3, 0.4) is 0 Å². The molecule has 0 fully saturated rings. The Balaban J connectivity index is 1.91. The van der Waals surface area contributed by atoms with Crippen molar-refractivity contribution in [2.45, 2.75) is 18.9 Å². The second-order valence-electron chi connectivity index (χ2n) is 5.32. The first-order chi connectivity index (χ1) is 11.7. The van der Waals surface area contributed by atoms with Gasteiger partial charge >= 0.3 is 0 Å². The molecule has 0 aliphatic rings. The fourth-order valence-electron chi connectivity index (χ4n) is 2.53. The number of carbonyl (C=O) groups is 1. The molecule has 3 aromatic rings. The standard InChI is InChI=1S/C17H14Cl2N4O/c18-15-7-6-13(10-16(15)19)14(8-9-24)11-23-17(20-21-22-23)12-4-2-1-3-5-12/h1-7,9-10,14H,8,11H2. The molecule has 1 atom stereocenters. The van der Waals surface area contributed by atoms with E-state index < -0.39 is 0 Å². The molecule has 3 rings (SSSR count). The lowest BCUT2D eigenvalue weighted by Crippen LogP contribution is -2.13. The molecular weight excluding hydrogens is 347 g/mol. The molecule has 0 spiro atoms. The molecule has 0 saturated carbocycles. The van der Waals surface area contributed by atoms with Gasteiger partial charge in [-0.25, -0.2) is 4.68 Å². The van der Waals surface area contributed by atoms with Crippen LogP contribution in [0.2, 0.25) is 10.0 Å². The first kappa shape index (κ1) is 16.6. The summed E-state index contributed by atoms with van der Waals surface area (Å²) in [5.74, 6) is 0.565. The SMILES string of the molecule is O=CCC(Cn1nnnc1-c1ccccc1)c1ccc(Cl)c(Cl)c1. The second kappa shape index (κ2) is 7.55. The number of aromatic nitrogens is 4. The molecule has 7 heteroatoms. The van der Waals surface area contributed by atoms with Gasteiger partial charge in [-0.15, -0.1) is 5.10 Å². The Morgan fingerprint density at radius 2 is 1.88 bits per heavy atom. The van der Waals surface area contributed by atoms with Crippen molar-refractivity contribution < 1.29 is 4.79 Å². The molecular formula is C17H14Cl2N4O. The van der Waals surface area contributed by atoms with Gasteiger partial charge in [0.1, 0.15) is 6.29 Å². The molecule has 0 saturated heterocycles. The minimum Gasteiger partial charge on any atom is -0.303 e. The zero-order chi connectivity index (χ0) is 16.9. The number of halogens is 2. The first-order valence-electron chi connectivity index (χ1n) is 7.39. The molecule has 0 bridgehead atoms. The molecule has 0 aliphatic carbocycles. The fourth-order valence-corrected chi connectivity index (χ4v) is 2.84. The van der Waals surface area contributed by atoms with Gasteiger partial charge in [0.05, 0.1) is 16.6 Å². The molecule has 1 aromatic heterocycles. The highest BCUT2D eigenvalue weighted by atomic mass is 35.5. The maximum Gasteiger partial charge on any atom is 0.182 e. The molecule has 0 radical (unpaired) electrons. The topological polar surface area (TPSA) is 60.7 Å². The quantitative estimate of drug-likeness (QED) is 0.622. The lowest BCUT2D eigenvalue weighted by Gasteiger charge is -2.16. The van der Waals surface area contributed by atoms with Crippen LogP contribution in [0.4, 0.5) is 0 Å². The summed E-state index contributed by atoms with van der Waals surface area (Å²) in [4.78, 5) is 11.1. The van der Waals surface area contributed by atoms with Gasteiger partial charge in [0.15, 0.2) is 5.82 Å². The number of hydrogen-bond donors (Lipinski definition) is 0. The average Bonchev–Trinajstić information content (AvgIpc) is 3.06. The van der Waals surface area contributed by atoms with Gasteiger partial charge in [-0.2, -0.15) is 0 Å². The Morgan fingerprint density at radius 1 is 1.08 bits per heavy atom. The van der Waals surface area contributed by atoms with E-state index in [1.165, 1.54) is 0 Å². The Labute approximate surface area is 149 Å². The fraction of sp³-hybridized carbons (Fsp3) is 0.176. The number of nitrogens with zero attached hydrogens (tertiary/aromatic N) is 4. The average molecular weight is 361 g/mol. The third-order valence-corrected chi connectivity index (χ3v) is 4.49. The monoisotopic (exact) mass is 360 g/mol. The van der Waals surface area contributed by atoms with Crippen molar-refractivity contribution in [1.29, 1.82) is 0 Å². The van der Waals surface area contributed by atoms with Gasteiger partial charge in [0, 0.05) is 17.9 Å². The van der Waals surface area contributed by atoms with E-state index in [0.717, 1.165) is 17.4 Å². The third-order valence-electron chi connectivity index (χ3n) is 3.75. The number of benzene rings is 2. The molecule has 5 nitrogen and oxygen atoms in total. The van der Waals surface area contributed by atoms with Crippen LogP contribution in [0, 0.1) is 0 Å². The van der Waals surface area contributed by atoms with E-state index in [9.17, 15) is 4.79 Å². The van der Waals surface area contributed by atoms with E-state index in [1.54, 1.807) is 16.8 Å². The van der Waals surface area contributed by atoms with E-state index in [0.29, 0.717) is 28.8 Å². The Morgan fingerprint density at radius 3 is 2.58 bits per heavy atom. The van der Waals surface area contributed by atoms with E-state index in [1.807, 2.05) is 36.4 Å².